The lowest BCUT2D eigenvalue weighted by Crippen LogP contribution is -2.37. The smallest absolute Gasteiger partial charge is 0.338 e. The van der Waals surface area contributed by atoms with Crippen LogP contribution in [0.2, 0.25) is 0 Å². The average molecular weight is 317 g/mol. The van der Waals surface area contributed by atoms with Gasteiger partial charge in [-0.3, -0.25) is 4.68 Å². The SMILES string of the molecule is O=C(O)c1cnn(C2CCCN(c3nc(C4CCC4)no3)C2)c1. The second-order valence-electron chi connectivity index (χ2n) is 6.32. The third-order valence-electron chi connectivity index (χ3n) is 4.79. The maximum atomic E-state index is 11.0. The molecule has 1 aliphatic heterocycles. The Bertz CT molecular complexity index is 706. The summed E-state index contributed by atoms with van der Waals surface area (Å²) >= 11 is 0. The standard InChI is InChI=1S/C15H19N5O3/c21-14(22)11-7-16-20(8-11)12-5-2-6-19(9-12)15-17-13(18-23-15)10-3-1-4-10/h7-8,10,12H,1-6,9H2,(H,21,22). The molecule has 3 heterocycles. The van der Waals surface area contributed by atoms with Crippen LogP contribution in [0.3, 0.4) is 0 Å². The largest absolute Gasteiger partial charge is 0.478 e. The van der Waals surface area contributed by atoms with E-state index in [0.29, 0.717) is 18.5 Å². The maximum absolute atomic E-state index is 11.0. The van der Waals surface area contributed by atoms with Crippen LogP contribution in [0.25, 0.3) is 0 Å². The van der Waals surface area contributed by atoms with Crippen molar-refractivity contribution >= 4 is 12.0 Å². The van der Waals surface area contributed by atoms with Gasteiger partial charge in [0.1, 0.15) is 0 Å². The van der Waals surface area contributed by atoms with Crippen molar-refractivity contribution in [2.24, 2.45) is 0 Å². The van der Waals surface area contributed by atoms with E-state index >= 15 is 0 Å². The highest BCUT2D eigenvalue weighted by atomic mass is 16.5. The van der Waals surface area contributed by atoms with E-state index in [9.17, 15) is 4.79 Å². The van der Waals surface area contributed by atoms with E-state index in [4.69, 9.17) is 9.63 Å². The van der Waals surface area contributed by atoms with Gasteiger partial charge >= 0.3 is 12.0 Å². The zero-order valence-corrected chi connectivity index (χ0v) is 12.8. The highest BCUT2D eigenvalue weighted by Gasteiger charge is 2.29. The first kappa shape index (κ1) is 14.2. The van der Waals surface area contributed by atoms with E-state index in [0.717, 1.165) is 38.1 Å². The fourth-order valence-corrected chi connectivity index (χ4v) is 3.18. The lowest BCUT2D eigenvalue weighted by molar-refractivity contribution is 0.0696. The van der Waals surface area contributed by atoms with Crippen molar-refractivity contribution in [1.29, 1.82) is 0 Å². The summed E-state index contributed by atoms with van der Waals surface area (Å²) in [6, 6.07) is 0.693. The number of piperidine rings is 1. The topological polar surface area (TPSA) is 97.3 Å². The molecule has 1 aliphatic carbocycles. The van der Waals surface area contributed by atoms with Crippen LogP contribution >= 0.6 is 0 Å². The zero-order chi connectivity index (χ0) is 15.8. The molecule has 1 saturated carbocycles. The molecule has 0 amide bonds. The first-order valence-corrected chi connectivity index (χ1v) is 8.06. The Hall–Kier alpha value is -2.38. The highest BCUT2D eigenvalue weighted by Crippen LogP contribution is 2.35. The van der Waals surface area contributed by atoms with Gasteiger partial charge in [0.2, 0.25) is 0 Å². The van der Waals surface area contributed by atoms with Gasteiger partial charge in [-0.2, -0.15) is 10.1 Å². The second kappa shape index (κ2) is 5.68. The van der Waals surface area contributed by atoms with E-state index in [-0.39, 0.29) is 11.6 Å². The Balaban J connectivity index is 1.47. The predicted molar refractivity (Wildman–Crippen MR) is 80.6 cm³/mol. The van der Waals surface area contributed by atoms with Crippen LogP contribution in [0, 0.1) is 0 Å². The summed E-state index contributed by atoms with van der Waals surface area (Å²) in [6.07, 6.45) is 8.45. The summed E-state index contributed by atoms with van der Waals surface area (Å²) in [5.41, 5.74) is 0.215. The van der Waals surface area contributed by atoms with Gasteiger partial charge in [-0.25, -0.2) is 4.79 Å². The van der Waals surface area contributed by atoms with E-state index in [2.05, 4.69) is 20.1 Å². The number of carboxylic acid groups (broad SMARTS) is 1. The van der Waals surface area contributed by atoms with E-state index in [1.807, 2.05) is 0 Å². The van der Waals surface area contributed by atoms with Gasteiger partial charge in [0.25, 0.3) is 0 Å². The molecule has 8 nitrogen and oxygen atoms in total. The number of rotatable bonds is 4. The summed E-state index contributed by atoms with van der Waals surface area (Å²) in [6.45, 7) is 1.57. The molecule has 23 heavy (non-hydrogen) atoms. The molecule has 4 rings (SSSR count). The van der Waals surface area contributed by atoms with Gasteiger partial charge in [0.15, 0.2) is 5.82 Å². The first-order chi connectivity index (χ1) is 11.2. The average Bonchev–Trinajstić information content (AvgIpc) is 3.15. The number of aromatic nitrogens is 4. The number of carbonyl (C=O) groups is 1. The quantitative estimate of drug-likeness (QED) is 0.921. The van der Waals surface area contributed by atoms with Gasteiger partial charge < -0.3 is 14.5 Å². The van der Waals surface area contributed by atoms with Gasteiger partial charge in [0.05, 0.1) is 17.8 Å². The van der Waals surface area contributed by atoms with Gasteiger partial charge in [-0.15, -0.1) is 0 Å². The molecule has 2 aromatic rings. The van der Waals surface area contributed by atoms with Crippen LogP contribution in [0.5, 0.6) is 0 Å². The molecule has 8 heteroatoms. The number of hydrogen-bond acceptors (Lipinski definition) is 6. The molecular formula is C15H19N5O3. The van der Waals surface area contributed by atoms with E-state index in [1.54, 1.807) is 10.9 Å². The molecule has 0 bridgehead atoms. The fraction of sp³-hybridized carbons (Fsp3) is 0.600. The number of nitrogens with zero attached hydrogens (tertiary/aromatic N) is 5. The number of anilines is 1. The Labute approximate surface area is 133 Å². The molecule has 0 aromatic carbocycles. The number of aromatic carboxylic acids is 1. The van der Waals surface area contributed by atoms with Crippen molar-refractivity contribution in [3.05, 3.63) is 23.8 Å². The van der Waals surface area contributed by atoms with Crippen molar-refractivity contribution in [2.75, 3.05) is 18.0 Å². The molecule has 2 aliphatic rings. The molecule has 0 spiro atoms. The van der Waals surface area contributed by atoms with Crippen LogP contribution in [-0.2, 0) is 0 Å². The summed E-state index contributed by atoms with van der Waals surface area (Å²) in [5.74, 6) is 0.323. The summed E-state index contributed by atoms with van der Waals surface area (Å²) < 4.78 is 7.16. The Morgan fingerprint density at radius 3 is 2.87 bits per heavy atom. The van der Waals surface area contributed by atoms with E-state index in [1.165, 1.54) is 12.6 Å². The number of hydrogen-bond donors (Lipinski definition) is 1. The summed E-state index contributed by atoms with van der Waals surface area (Å²) in [4.78, 5) is 17.6. The van der Waals surface area contributed by atoms with Gasteiger partial charge in [0, 0.05) is 25.2 Å². The number of carboxylic acids is 1. The summed E-state index contributed by atoms with van der Waals surface area (Å²) in [5, 5.41) is 17.3. The van der Waals surface area contributed by atoms with Crippen molar-refractivity contribution in [3.63, 3.8) is 0 Å². The van der Waals surface area contributed by atoms with Crippen LogP contribution < -0.4 is 4.90 Å². The molecule has 122 valence electrons. The lowest BCUT2D eigenvalue weighted by atomic mass is 9.85. The van der Waals surface area contributed by atoms with E-state index < -0.39 is 5.97 Å². The zero-order valence-electron chi connectivity index (χ0n) is 12.8. The van der Waals surface area contributed by atoms with Crippen LogP contribution in [0.15, 0.2) is 16.9 Å². The van der Waals surface area contributed by atoms with Crippen LogP contribution in [0.4, 0.5) is 6.01 Å². The molecule has 2 fully saturated rings. The summed E-state index contributed by atoms with van der Waals surface area (Å²) in [7, 11) is 0. The van der Waals surface area contributed by atoms with Crippen molar-refractivity contribution in [3.8, 4) is 0 Å². The minimum Gasteiger partial charge on any atom is -0.478 e. The minimum absolute atomic E-state index is 0.121. The molecular weight excluding hydrogens is 298 g/mol. The van der Waals surface area contributed by atoms with Gasteiger partial charge in [-0.05, 0) is 25.7 Å². The molecule has 2 aromatic heterocycles. The third-order valence-corrected chi connectivity index (χ3v) is 4.79. The fourth-order valence-electron chi connectivity index (χ4n) is 3.18. The molecule has 0 radical (unpaired) electrons. The maximum Gasteiger partial charge on any atom is 0.338 e. The molecule has 1 N–H and O–H groups in total. The molecule has 1 atom stereocenters. The van der Waals surface area contributed by atoms with Crippen LogP contribution in [-0.4, -0.2) is 44.1 Å². The predicted octanol–water partition coefficient (Wildman–Crippen LogP) is 2.07. The van der Waals surface area contributed by atoms with Crippen molar-refractivity contribution in [1.82, 2.24) is 19.9 Å². The van der Waals surface area contributed by atoms with Crippen molar-refractivity contribution in [2.45, 2.75) is 44.1 Å². The highest BCUT2D eigenvalue weighted by molar-refractivity contribution is 5.86. The molecule has 1 saturated heterocycles. The Kier molecular flexibility index (Phi) is 3.51. The monoisotopic (exact) mass is 317 g/mol. The second-order valence-corrected chi connectivity index (χ2v) is 6.32. The Morgan fingerprint density at radius 2 is 2.17 bits per heavy atom. The third kappa shape index (κ3) is 2.69. The Morgan fingerprint density at radius 1 is 1.30 bits per heavy atom. The van der Waals surface area contributed by atoms with Crippen molar-refractivity contribution < 1.29 is 14.4 Å². The lowest BCUT2D eigenvalue weighted by Gasteiger charge is -2.31. The van der Waals surface area contributed by atoms with Crippen LogP contribution in [0.1, 0.15) is 60.2 Å². The van der Waals surface area contributed by atoms with Gasteiger partial charge in [-0.1, -0.05) is 11.6 Å². The normalized spacial score (nSPS) is 22.1. The minimum atomic E-state index is -0.953. The molecule has 1 unspecified atom stereocenters. The first-order valence-electron chi connectivity index (χ1n) is 8.06.